The van der Waals surface area contributed by atoms with Gasteiger partial charge in [0.25, 0.3) is 0 Å². The number of hydrogen-bond donors (Lipinski definition) is 1. The third-order valence-corrected chi connectivity index (χ3v) is 5.98. The van der Waals surface area contributed by atoms with Crippen molar-refractivity contribution in [2.75, 3.05) is 26.9 Å². The van der Waals surface area contributed by atoms with Crippen molar-refractivity contribution in [3.8, 4) is 0 Å². The van der Waals surface area contributed by atoms with Crippen LogP contribution >= 0.6 is 23.4 Å². The number of nitrogens with zero attached hydrogens (tertiary/aromatic N) is 2. The predicted octanol–water partition coefficient (Wildman–Crippen LogP) is 4.17. The van der Waals surface area contributed by atoms with Crippen molar-refractivity contribution < 1.29 is 32.2 Å². The molecule has 0 bridgehead atoms. The Labute approximate surface area is 197 Å². The van der Waals surface area contributed by atoms with Crippen LogP contribution in [0.25, 0.3) is 0 Å². The zero-order chi connectivity index (χ0) is 24.2. The van der Waals surface area contributed by atoms with Gasteiger partial charge >= 0.3 is 12.1 Å². The highest BCUT2D eigenvalue weighted by molar-refractivity contribution is 8.16. The molecule has 0 saturated carbocycles. The summed E-state index contributed by atoms with van der Waals surface area (Å²) in [6, 6.07) is 4.99. The number of esters is 1. The van der Waals surface area contributed by atoms with Gasteiger partial charge in [-0.05, 0) is 24.0 Å². The van der Waals surface area contributed by atoms with Gasteiger partial charge < -0.3 is 19.7 Å². The molecule has 33 heavy (non-hydrogen) atoms. The van der Waals surface area contributed by atoms with Crippen molar-refractivity contribution >= 4 is 40.4 Å². The summed E-state index contributed by atoms with van der Waals surface area (Å²) in [5, 5.41) is 4.36. The maximum atomic E-state index is 14.0. The lowest BCUT2D eigenvalue weighted by atomic mass is 9.93. The molecule has 12 heteroatoms. The summed E-state index contributed by atoms with van der Waals surface area (Å²) in [6.07, 6.45) is -5.06. The van der Waals surface area contributed by atoms with Crippen molar-refractivity contribution in [1.29, 1.82) is 0 Å². The van der Waals surface area contributed by atoms with E-state index in [1.54, 1.807) is 17.5 Å². The predicted molar refractivity (Wildman–Crippen MR) is 118 cm³/mol. The van der Waals surface area contributed by atoms with E-state index in [4.69, 9.17) is 21.1 Å². The van der Waals surface area contributed by atoms with Crippen LogP contribution in [0.5, 0.6) is 0 Å². The van der Waals surface area contributed by atoms with Gasteiger partial charge in [0.15, 0.2) is 10.9 Å². The number of ether oxygens (including phenoxy) is 2. The summed E-state index contributed by atoms with van der Waals surface area (Å²) in [7, 11) is 1.49. The lowest BCUT2D eigenvalue weighted by Gasteiger charge is -2.37. The molecule has 0 aromatic heterocycles. The zero-order valence-electron chi connectivity index (χ0n) is 17.7. The van der Waals surface area contributed by atoms with Gasteiger partial charge in [0.05, 0.1) is 31.2 Å². The van der Waals surface area contributed by atoms with E-state index in [-0.39, 0.29) is 41.2 Å². The van der Waals surface area contributed by atoms with Gasteiger partial charge in [-0.15, -0.1) is 0 Å². The molecule has 3 rings (SSSR count). The molecule has 2 aliphatic heterocycles. The quantitative estimate of drug-likeness (QED) is 0.423. The van der Waals surface area contributed by atoms with Crippen LogP contribution in [0.2, 0.25) is 5.02 Å². The van der Waals surface area contributed by atoms with E-state index in [1.165, 1.54) is 31.1 Å². The molecular formula is C21H21ClF3N3O4S. The molecule has 1 aromatic carbocycles. The topological polar surface area (TPSA) is 80.2 Å². The number of carbonyl (C=O) groups excluding carboxylic acids is 2. The summed E-state index contributed by atoms with van der Waals surface area (Å²) >= 11 is 7.29. The summed E-state index contributed by atoms with van der Waals surface area (Å²) in [5.41, 5.74) is -1.40. The van der Waals surface area contributed by atoms with E-state index in [0.29, 0.717) is 12.3 Å². The first-order chi connectivity index (χ1) is 15.7. The Hall–Kier alpha value is -2.50. The Morgan fingerprint density at radius 3 is 2.67 bits per heavy atom. The molecule has 2 heterocycles. The Morgan fingerprint density at radius 1 is 1.30 bits per heavy atom. The highest BCUT2D eigenvalue weighted by Crippen LogP contribution is 2.49. The zero-order valence-corrected chi connectivity index (χ0v) is 19.3. The molecule has 0 saturated heterocycles. The first-order valence-corrected chi connectivity index (χ1v) is 11.2. The lowest BCUT2D eigenvalue weighted by Crippen LogP contribution is -2.40. The van der Waals surface area contributed by atoms with Gasteiger partial charge in [0.2, 0.25) is 5.91 Å². The summed E-state index contributed by atoms with van der Waals surface area (Å²) in [4.78, 5) is 30.4. The van der Waals surface area contributed by atoms with Crippen LogP contribution in [0, 0.1) is 0 Å². The number of amidine groups is 1. The first-order valence-electron chi connectivity index (χ1n) is 9.91. The number of amides is 1. The van der Waals surface area contributed by atoms with E-state index in [0.717, 1.165) is 11.8 Å². The number of allylic oxidation sites excluding steroid dienone is 1. The van der Waals surface area contributed by atoms with Crippen LogP contribution in [-0.4, -0.2) is 55.0 Å². The Balaban J connectivity index is 2.10. The maximum absolute atomic E-state index is 14.0. The van der Waals surface area contributed by atoms with E-state index < -0.39 is 29.5 Å². The Bertz CT molecular complexity index is 1030. The molecule has 0 unspecified atom stereocenters. The van der Waals surface area contributed by atoms with E-state index in [2.05, 4.69) is 10.3 Å². The van der Waals surface area contributed by atoms with Crippen molar-refractivity contribution in [3.63, 3.8) is 0 Å². The fraction of sp³-hybridized carbons (Fsp3) is 0.381. The summed E-state index contributed by atoms with van der Waals surface area (Å²) in [5.74, 6) is -1.51. The van der Waals surface area contributed by atoms with Crippen LogP contribution in [0.3, 0.4) is 0 Å². The molecule has 1 amide bonds. The molecule has 1 N–H and O–H groups in total. The molecule has 7 nitrogen and oxygen atoms in total. The molecule has 0 radical (unpaired) electrons. The van der Waals surface area contributed by atoms with Gasteiger partial charge in [-0.1, -0.05) is 41.6 Å². The molecule has 0 spiro atoms. The second-order valence-electron chi connectivity index (χ2n) is 6.92. The van der Waals surface area contributed by atoms with Crippen molar-refractivity contribution in [2.45, 2.75) is 25.6 Å². The minimum atomic E-state index is -4.92. The highest BCUT2D eigenvalue weighted by Gasteiger charge is 2.49. The molecule has 2 aliphatic rings. The van der Waals surface area contributed by atoms with Crippen LogP contribution in [0.1, 0.15) is 24.9 Å². The normalized spacial score (nSPS) is 18.0. The number of fused-ring (bicyclic) bond motifs is 1. The molecule has 1 aromatic rings. The van der Waals surface area contributed by atoms with Crippen molar-refractivity contribution in [2.24, 2.45) is 4.99 Å². The lowest BCUT2D eigenvalue weighted by molar-refractivity contribution is -0.140. The second-order valence-corrected chi connectivity index (χ2v) is 8.16. The van der Waals surface area contributed by atoms with Crippen molar-refractivity contribution in [1.82, 2.24) is 10.2 Å². The minimum Gasteiger partial charge on any atom is -0.463 e. The van der Waals surface area contributed by atoms with Crippen LogP contribution in [-0.2, 0) is 19.1 Å². The smallest absolute Gasteiger partial charge is 0.434 e. The highest BCUT2D eigenvalue weighted by atomic mass is 35.5. The van der Waals surface area contributed by atoms with E-state index >= 15 is 0 Å². The van der Waals surface area contributed by atoms with Crippen LogP contribution in [0.4, 0.5) is 13.2 Å². The number of hydrogen-bond acceptors (Lipinski definition) is 7. The van der Waals surface area contributed by atoms with E-state index in [9.17, 15) is 22.8 Å². The number of aliphatic imine (C=N–C) groups is 1. The fourth-order valence-electron chi connectivity index (χ4n) is 3.40. The van der Waals surface area contributed by atoms with Gasteiger partial charge in [-0.3, -0.25) is 4.79 Å². The number of rotatable bonds is 8. The third-order valence-electron chi connectivity index (χ3n) is 4.74. The summed E-state index contributed by atoms with van der Waals surface area (Å²) < 4.78 is 51.9. The van der Waals surface area contributed by atoms with E-state index in [1.807, 2.05) is 0 Å². The molecule has 1 atom stereocenters. The molecular weight excluding hydrogens is 483 g/mol. The largest absolute Gasteiger partial charge is 0.463 e. The van der Waals surface area contributed by atoms with Crippen LogP contribution < -0.4 is 5.32 Å². The fourth-order valence-corrected chi connectivity index (χ4v) is 4.56. The second kappa shape index (κ2) is 10.6. The average molecular weight is 504 g/mol. The van der Waals surface area contributed by atoms with Gasteiger partial charge in [-0.2, -0.15) is 13.2 Å². The standard InChI is InChI=1S/C21H21ClF3N3O4S/c1-3-32-19(30)16-17(13-6-4-5-7-14(13)22)28-12(10-15(29)26-8-9-31-2)11-33-20(28)27-18(16)21(23,24)25/h4-7,11,17H,3,8-10H2,1-2H3,(H,26,29)/t17-/m0/s1. The number of thioether (sulfide) groups is 1. The number of benzene rings is 1. The number of methoxy groups -OCH3 is 1. The summed E-state index contributed by atoms with van der Waals surface area (Å²) in [6.45, 7) is 1.95. The first kappa shape index (κ1) is 25.1. The number of alkyl halides is 3. The number of halogens is 4. The average Bonchev–Trinajstić information content (AvgIpc) is 3.15. The number of nitrogens with one attached hydrogen (secondary N) is 1. The molecule has 178 valence electrons. The maximum Gasteiger partial charge on any atom is 0.434 e. The van der Waals surface area contributed by atoms with Gasteiger partial charge in [0.1, 0.15) is 0 Å². The molecule has 0 fully saturated rings. The Kier molecular flexibility index (Phi) is 8.09. The van der Waals surface area contributed by atoms with Gasteiger partial charge in [-0.25, -0.2) is 9.79 Å². The third kappa shape index (κ3) is 5.53. The monoisotopic (exact) mass is 503 g/mol. The van der Waals surface area contributed by atoms with Crippen LogP contribution in [0.15, 0.2) is 51.6 Å². The SMILES string of the molecule is CCOC(=O)C1=C(C(F)(F)F)N=C2SC=C(CC(=O)NCCOC)N2[C@H]1c1ccccc1Cl. The minimum absolute atomic E-state index is 0.0139. The Morgan fingerprint density at radius 2 is 2.03 bits per heavy atom. The van der Waals surface area contributed by atoms with Gasteiger partial charge in [0, 0.05) is 24.4 Å². The number of carbonyl (C=O) groups is 2. The molecule has 0 aliphatic carbocycles. The van der Waals surface area contributed by atoms with Crippen molar-refractivity contribution in [3.05, 3.63) is 57.2 Å².